The van der Waals surface area contributed by atoms with Gasteiger partial charge in [-0.15, -0.1) is 0 Å². The molecule has 3 fully saturated rings. The summed E-state index contributed by atoms with van der Waals surface area (Å²) in [5.74, 6) is 0. The molecule has 3 heterocycles. The topological polar surface area (TPSA) is 303 Å². The molecular formula is C20H36N3O14P. The predicted octanol–water partition coefficient (Wildman–Crippen LogP) is -6.66. The minimum atomic E-state index is -1.90. The van der Waals surface area contributed by atoms with Crippen LogP contribution in [0.3, 0.4) is 0 Å². The summed E-state index contributed by atoms with van der Waals surface area (Å²) in [4.78, 5) is 0. The number of hydrogen-bond acceptors (Lipinski definition) is 17. The molecule has 3 saturated heterocycles. The first kappa shape index (κ1) is 31.9. The number of aliphatic hydroxyl groups is 8. The van der Waals surface area contributed by atoms with Gasteiger partial charge in [-0.25, -0.2) is 0 Å². The molecule has 2 unspecified atom stereocenters. The minimum absolute atomic E-state index is 0.392. The van der Waals surface area contributed by atoms with Gasteiger partial charge in [-0.1, -0.05) is 0 Å². The molecule has 3 aliphatic heterocycles. The van der Waals surface area contributed by atoms with Gasteiger partial charge in [0.25, 0.3) is 0 Å². The van der Waals surface area contributed by atoms with Crippen molar-refractivity contribution in [2.24, 2.45) is 17.2 Å². The number of hydrogen-bond donors (Lipinski definition) is 11. The van der Waals surface area contributed by atoms with Crippen molar-refractivity contribution in [1.29, 1.82) is 0 Å². The van der Waals surface area contributed by atoms with Gasteiger partial charge in [0.15, 0.2) is 6.29 Å². The first-order valence-corrected chi connectivity index (χ1v) is 12.6. The zero-order valence-corrected chi connectivity index (χ0v) is 21.0. The number of ether oxygens (including phenoxy) is 5. The van der Waals surface area contributed by atoms with Crippen molar-refractivity contribution in [2.75, 3.05) is 19.8 Å². The molecule has 3 rings (SSSR count). The monoisotopic (exact) mass is 573 g/mol. The van der Waals surface area contributed by atoms with Crippen LogP contribution >= 0.6 is 7.92 Å². The molecule has 38 heavy (non-hydrogen) atoms. The van der Waals surface area contributed by atoms with Crippen molar-refractivity contribution >= 4 is 7.92 Å². The summed E-state index contributed by atoms with van der Waals surface area (Å²) in [6.45, 7) is -2.28. The normalized spacial score (nSPS) is 49.9. The van der Waals surface area contributed by atoms with E-state index in [0.717, 1.165) is 0 Å². The van der Waals surface area contributed by atoms with Gasteiger partial charge in [0.2, 0.25) is 0 Å². The molecule has 18 heteroatoms. The molecule has 0 spiro atoms. The Morgan fingerprint density at radius 1 is 0.789 bits per heavy atom. The fourth-order valence-corrected chi connectivity index (χ4v) is 4.97. The molecule has 0 saturated carbocycles. The van der Waals surface area contributed by atoms with E-state index in [1.165, 1.54) is 0 Å². The van der Waals surface area contributed by atoms with Gasteiger partial charge in [-0.05, 0) is 0 Å². The third kappa shape index (κ3) is 6.16. The Morgan fingerprint density at radius 2 is 1.32 bits per heavy atom. The summed E-state index contributed by atoms with van der Waals surface area (Å²) in [5, 5.41) is 81.5. The van der Waals surface area contributed by atoms with Gasteiger partial charge in [0.05, 0.1) is 12.6 Å². The van der Waals surface area contributed by atoms with Crippen LogP contribution in [0.2, 0.25) is 0 Å². The van der Waals surface area contributed by atoms with Crippen molar-refractivity contribution in [3.63, 3.8) is 0 Å². The van der Waals surface area contributed by atoms with E-state index < -0.39 is 126 Å². The Kier molecular flexibility index (Phi) is 11.2. The van der Waals surface area contributed by atoms with Gasteiger partial charge in [0.1, 0.15) is 12.2 Å². The third-order valence-corrected chi connectivity index (χ3v) is 7.32. The second-order valence-electron chi connectivity index (χ2n) is 9.46. The molecule has 0 aromatic rings. The van der Waals surface area contributed by atoms with Crippen LogP contribution in [0.5, 0.6) is 0 Å². The van der Waals surface area contributed by atoms with Gasteiger partial charge >= 0.3 is 161 Å². The molecule has 14 N–H and O–H groups in total. The predicted molar refractivity (Wildman–Crippen MR) is 122 cm³/mol. The van der Waals surface area contributed by atoms with Crippen molar-refractivity contribution in [3.05, 3.63) is 0 Å². The van der Waals surface area contributed by atoms with Crippen LogP contribution in [0.4, 0.5) is 0 Å². The zero-order chi connectivity index (χ0) is 28.4. The molecule has 17 nitrogen and oxygen atoms in total. The molecule has 0 bridgehead atoms. The zero-order valence-electron chi connectivity index (χ0n) is 20.1. The van der Waals surface area contributed by atoms with Crippen LogP contribution < -0.4 is 17.2 Å². The summed E-state index contributed by atoms with van der Waals surface area (Å²) in [6.07, 6.45) is -17.0. The molecule has 0 aliphatic carbocycles. The average molecular weight is 573 g/mol. The molecule has 220 valence electrons. The van der Waals surface area contributed by atoms with E-state index in [2.05, 4.69) is 5.63 Å². The Hall–Kier alpha value is -0.630. The molecule has 15 atom stereocenters. The molecule has 0 amide bonds. The molecular weight excluding hydrogens is 537 g/mol. The van der Waals surface area contributed by atoms with Gasteiger partial charge in [-0.2, -0.15) is 0 Å². The molecule has 0 radical (unpaired) electrons. The summed E-state index contributed by atoms with van der Waals surface area (Å²) in [7, 11) is -0.548. The molecule has 0 aromatic carbocycles. The maximum absolute atomic E-state index is 10.9. The van der Waals surface area contributed by atoms with E-state index in [1.807, 2.05) is 0 Å². The van der Waals surface area contributed by atoms with E-state index in [1.54, 1.807) is 0 Å². The second kappa shape index (κ2) is 13.4. The number of nitrogens with two attached hydrogens (primary N) is 3. The van der Waals surface area contributed by atoms with Gasteiger partial charge in [0, 0.05) is 0 Å². The van der Waals surface area contributed by atoms with Crippen LogP contribution in [0, 0.1) is 5.63 Å². The van der Waals surface area contributed by atoms with Crippen LogP contribution in [0.1, 0.15) is 6.42 Å². The van der Waals surface area contributed by atoms with Gasteiger partial charge < -0.3 is 25.8 Å². The Morgan fingerprint density at radius 3 is 1.87 bits per heavy atom. The first-order valence-electron chi connectivity index (χ1n) is 11.8. The Balaban J connectivity index is 1.78. The van der Waals surface area contributed by atoms with Crippen LogP contribution in [0.25, 0.3) is 0 Å². The average Bonchev–Trinajstić information content (AvgIpc) is 2.92. The van der Waals surface area contributed by atoms with Crippen molar-refractivity contribution < 1.29 is 69.1 Å². The van der Waals surface area contributed by atoms with Crippen molar-refractivity contribution in [2.45, 2.75) is 97.8 Å². The SMILES string of the molecule is N[C@H]1[C@@H](OC2[C@@H](CO)O[C@@H](OC3[C@@H](CO)O[C@@H](O)[C@H](N)[C@H]3O)[C@H](N)[C@H]2O)O[C@@](CO)(CC#P=O)[C@@H](O)[C@@H]1O. The van der Waals surface area contributed by atoms with E-state index in [4.69, 9.17) is 40.9 Å². The van der Waals surface area contributed by atoms with Crippen LogP contribution in [-0.2, 0) is 28.2 Å². The maximum atomic E-state index is 10.9. The summed E-state index contributed by atoms with van der Waals surface area (Å²) >= 11 is 0. The molecule has 0 aromatic heterocycles. The Labute approximate surface area is 218 Å². The van der Waals surface area contributed by atoms with E-state index in [-0.39, 0.29) is 0 Å². The van der Waals surface area contributed by atoms with E-state index in [0.29, 0.717) is 0 Å². The fraction of sp³-hybridized carbons (Fsp3) is 0.950. The van der Waals surface area contributed by atoms with Crippen molar-refractivity contribution in [1.82, 2.24) is 0 Å². The van der Waals surface area contributed by atoms with E-state index in [9.17, 15) is 45.4 Å². The summed E-state index contributed by atoms with van der Waals surface area (Å²) in [5.41, 5.74) is 18.2. The molecule has 3 aliphatic rings. The van der Waals surface area contributed by atoms with Crippen LogP contribution in [-0.4, -0.2) is 152 Å². The number of aliphatic hydroxyl groups excluding tert-OH is 8. The Bertz CT molecular complexity index is 884. The van der Waals surface area contributed by atoms with Crippen LogP contribution in [0.15, 0.2) is 0 Å². The standard InChI is InChI=1S/C20H36N3O14P/c21-8-11(27)14(6(3-24)33-17(8)31)35-18-9(22)12(28)15(7(4-25)34-18)36-19-10(23)13(29)16(30)20(5-26,37-19)1-2-38-32/h6-19,24-31H,1,3-5,21-23H2/t6-,7-,8-,9-,10-,11-,12-,13-,14?,15?,16+,17-,18+,19+,20-/m1/s1. The first-order chi connectivity index (χ1) is 18.0. The quantitative estimate of drug-likeness (QED) is 0.120. The van der Waals surface area contributed by atoms with E-state index >= 15 is 0 Å². The van der Waals surface area contributed by atoms with Gasteiger partial charge in [-0.3, -0.25) is 0 Å². The summed E-state index contributed by atoms with van der Waals surface area (Å²) in [6, 6.07) is -4.10. The fourth-order valence-electron chi connectivity index (χ4n) is 4.64. The number of rotatable bonds is 8. The second-order valence-corrected chi connectivity index (χ2v) is 9.96. The van der Waals surface area contributed by atoms with Crippen molar-refractivity contribution in [3.8, 4) is 5.63 Å². The third-order valence-electron chi connectivity index (χ3n) is 7.04. The summed E-state index contributed by atoms with van der Waals surface area (Å²) < 4.78 is 38.7.